The van der Waals surface area contributed by atoms with E-state index >= 15 is 0 Å². The number of hydrogen-bond acceptors (Lipinski definition) is 6. The predicted molar refractivity (Wildman–Crippen MR) is 47.6 cm³/mol. The van der Waals surface area contributed by atoms with Crippen molar-refractivity contribution in [3.05, 3.63) is 15.6 Å². The number of rotatable bonds is 5. The third-order valence-electron chi connectivity index (χ3n) is 1.50. The van der Waals surface area contributed by atoms with Gasteiger partial charge in [-0.15, -0.1) is 16.3 Å². The van der Waals surface area contributed by atoms with Gasteiger partial charge in [0.15, 0.2) is 0 Å². The SMILES string of the molecule is Cc1nc(C)c(CCOOON)s1. The van der Waals surface area contributed by atoms with Crippen molar-refractivity contribution in [3.8, 4) is 0 Å². The van der Waals surface area contributed by atoms with Crippen LogP contribution in [0.3, 0.4) is 0 Å². The molecule has 0 unspecified atom stereocenters. The van der Waals surface area contributed by atoms with Crippen molar-refractivity contribution in [2.24, 2.45) is 5.90 Å². The van der Waals surface area contributed by atoms with Crippen molar-refractivity contribution in [2.75, 3.05) is 6.61 Å². The number of aryl methyl sites for hydroxylation is 2. The van der Waals surface area contributed by atoms with Gasteiger partial charge in [-0.3, -0.25) is 0 Å². The molecule has 0 aliphatic rings. The molecule has 2 N–H and O–H groups in total. The first-order chi connectivity index (χ1) is 6.24. The van der Waals surface area contributed by atoms with E-state index < -0.39 is 0 Å². The van der Waals surface area contributed by atoms with Crippen LogP contribution in [-0.4, -0.2) is 11.6 Å². The maximum atomic E-state index is 4.59. The zero-order chi connectivity index (χ0) is 9.68. The standard InChI is InChI=1S/C7H12N2O3S/c1-5-7(13-6(2)9-5)3-4-10-12-11-8/h3-4,8H2,1-2H3. The molecule has 0 atom stereocenters. The Balaban J connectivity index is 2.32. The molecule has 0 aliphatic carbocycles. The second-order valence-electron chi connectivity index (χ2n) is 2.48. The highest BCUT2D eigenvalue weighted by atomic mass is 32.1. The van der Waals surface area contributed by atoms with Gasteiger partial charge < -0.3 is 0 Å². The Morgan fingerprint density at radius 2 is 2.23 bits per heavy atom. The topological polar surface area (TPSA) is 66.6 Å². The van der Waals surface area contributed by atoms with Crippen LogP contribution in [0.1, 0.15) is 15.6 Å². The summed E-state index contributed by atoms with van der Waals surface area (Å²) in [4.78, 5) is 13.8. The van der Waals surface area contributed by atoms with Crippen LogP contribution in [0.15, 0.2) is 0 Å². The van der Waals surface area contributed by atoms with E-state index in [4.69, 9.17) is 0 Å². The number of nitrogens with zero attached hydrogens (tertiary/aromatic N) is 1. The van der Waals surface area contributed by atoms with Crippen LogP contribution in [0.5, 0.6) is 0 Å². The lowest BCUT2D eigenvalue weighted by atomic mass is 10.3. The normalized spacial score (nSPS) is 10.7. The van der Waals surface area contributed by atoms with E-state index in [9.17, 15) is 0 Å². The molecule has 1 heterocycles. The van der Waals surface area contributed by atoms with Crippen LogP contribution in [0.25, 0.3) is 0 Å². The average molecular weight is 204 g/mol. The summed E-state index contributed by atoms with van der Waals surface area (Å²) in [6.07, 6.45) is 0.751. The molecule has 74 valence electrons. The molecule has 1 rings (SSSR count). The molecule has 5 nitrogen and oxygen atoms in total. The van der Waals surface area contributed by atoms with E-state index in [1.165, 1.54) is 4.88 Å². The summed E-state index contributed by atoms with van der Waals surface area (Å²) in [6.45, 7) is 4.35. The number of nitrogens with two attached hydrogens (primary N) is 1. The lowest BCUT2D eigenvalue weighted by molar-refractivity contribution is -0.516. The molecule has 0 radical (unpaired) electrons. The highest BCUT2D eigenvalue weighted by Gasteiger charge is 2.04. The number of hydrogen-bond donors (Lipinski definition) is 1. The summed E-state index contributed by atoms with van der Waals surface area (Å²) in [5, 5.41) is 5.12. The van der Waals surface area contributed by atoms with Crippen LogP contribution >= 0.6 is 11.3 Å². The number of aromatic nitrogens is 1. The lowest BCUT2D eigenvalue weighted by Gasteiger charge is -1.98. The third-order valence-corrected chi connectivity index (χ3v) is 2.63. The van der Waals surface area contributed by atoms with Crippen molar-refractivity contribution < 1.29 is 14.9 Å². The average Bonchev–Trinajstić information content (AvgIpc) is 2.39. The summed E-state index contributed by atoms with van der Waals surface area (Å²) >= 11 is 1.65. The first-order valence-electron chi connectivity index (χ1n) is 3.82. The Morgan fingerprint density at radius 1 is 1.46 bits per heavy atom. The van der Waals surface area contributed by atoms with Gasteiger partial charge in [-0.05, 0) is 18.9 Å². The quantitative estimate of drug-likeness (QED) is 0.441. The first-order valence-corrected chi connectivity index (χ1v) is 4.63. The lowest BCUT2D eigenvalue weighted by Crippen LogP contribution is -2.04. The Morgan fingerprint density at radius 3 is 2.77 bits per heavy atom. The summed E-state index contributed by atoms with van der Waals surface area (Å²) < 4.78 is 0. The smallest absolute Gasteiger partial charge is 0.0903 e. The highest BCUT2D eigenvalue weighted by Crippen LogP contribution is 2.17. The van der Waals surface area contributed by atoms with Gasteiger partial charge >= 0.3 is 0 Å². The van der Waals surface area contributed by atoms with Crippen molar-refractivity contribution >= 4 is 11.3 Å². The molecule has 0 fully saturated rings. The van der Waals surface area contributed by atoms with Crippen LogP contribution in [0.4, 0.5) is 0 Å². The minimum absolute atomic E-state index is 0.402. The maximum absolute atomic E-state index is 4.59. The Bertz CT molecular complexity index is 264. The molecule has 13 heavy (non-hydrogen) atoms. The minimum atomic E-state index is 0.402. The second kappa shape index (κ2) is 5.25. The van der Waals surface area contributed by atoms with Gasteiger partial charge in [0, 0.05) is 11.3 Å². The Hall–Kier alpha value is -0.530. The van der Waals surface area contributed by atoms with E-state index in [1.807, 2.05) is 13.8 Å². The fraction of sp³-hybridized carbons (Fsp3) is 0.571. The van der Waals surface area contributed by atoms with Crippen molar-refractivity contribution in [1.82, 2.24) is 4.98 Å². The van der Waals surface area contributed by atoms with Crippen molar-refractivity contribution in [3.63, 3.8) is 0 Å². The van der Waals surface area contributed by atoms with Crippen molar-refractivity contribution in [2.45, 2.75) is 20.3 Å². The van der Waals surface area contributed by atoms with E-state index in [-0.39, 0.29) is 0 Å². The zero-order valence-corrected chi connectivity index (χ0v) is 8.39. The summed E-state index contributed by atoms with van der Waals surface area (Å²) in [5.41, 5.74) is 1.04. The molecule has 0 spiro atoms. The van der Waals surface area contributed by atoms with E-state index in [2.05, 4.69) is 25.8 Å². The Labute approximate surface area is 80.2 Å². The second-order valence-corrected chi connectivity index (χ2v) is 3.77. The first kappa shape index (κ1) is 10.6. The number of thiazole rings is 1. The van der Waals surface area contributed by atoms with Crippen molar-refractivity contribution in [1.29, 1.82) is 0 Å². The molecule has 0 aliphatic heterocycles. The van der Waals surface area contributed by atoms with Crippen LogP contribution in [-0.2, 0) is 21.3 Å². The molecular formula is C7H12N2O3S. The zero-order valence-electron chi connectivity index (χ0n) is 7.57. The molecule has 6 heteroatoms. The molecule has 0 saturated heterocycles. The van der Waals surface area contributed by atoms with Crippen LogP contribution in [0, 0.1) is 13.8 Å². The third kappa shape index (κ3) is 3.37. The summed E-state index contributed by atoms with van der Waals surface area (Å²) in [7, 11) is 0. The van der Waals surface area contributed by atoms with E-state index in [0.717, 1.165) is 17.1 Å². The fourth-order valence-electron chi connectivity index (χ4n) is 1.00. The van der Waals surface area contributed by atoms with Gasteiger partial charge in [-0.2, -0.15) is 5.90 Å². The summed E-state index contributed by atoms with van der Waals surface area (Å²) in [5.74, 6) is 4.59. The molecule has 0 saturated carbocycles. The van der Waals surface area contributed by atoms with E-state index in [0.29, 0.717) is 6.61 Å². The largest absolute Gasteiger partial charge is 0.247 e. The van der Waals surface area contributed by atoms with Crippen LogP contribution < -0.4 is 5.90 Å². The van der Waals surface area contributed by atoms with Gasteiger partial charge in [0.1, 0.15) is 0 Å². The van der Waals surface area contributed by atoms with Gasteiger partial charge in [0.2, 0.25) is 0 Å². The van der Waals surface area contributed by atoms with Crippen LogP contribution in [0.2, 0.25) is 0 Å². The fourth-order valence-corrected chi connectivity index (χ4v) is 1.92. The molecule has 1 aromatic rings. The Kier molecular flexibility index (Phi) is 4.26. The monoisotopic (exact) mass is 204 g/mol. The highest BCUT2D eigenvalue weighted by molar-refractivity contribution is 7.11. The molecule has 0 amide bonds. The minimum Gasteiger partial charge on any atom is -0.247 e. The molecule has 0 aromatic carbocycles. The van der Waals surface area contributed by atoms with Gasteiger partial charge in [-0.1, -0.05) is 0 Å². The molecular weight excluding hydrogens is 192 g/mol. The van der Waals surface area contributed by atoms with Gasteiger partial charge in [-0.25, -0.2) is 9.87 Å². The maximum Gasteiger partial charge on any atom is 0.0903 e. The van der Waals surface area contributed by atoms with Gasteiger partial charge in [0.25, 0.3) is 0 Å². The molecule has 0 bridgehead atoms. The van der Waals surface area contributed by atoms with E-state index in [1.54, 1.807) is 11.3 Å². The van der Waals surface area contributed by atoms with Gasteiger partial charge in [0.05, 0.1) is 17.3 Å². The molecule has 1 aromatic heterocycles. The summed E-state index contributed by atoms with van der Waals surface area (Å²) in [6, 6.07) is 0. The predicted octanol–water partition coefficient (Wildman–Crippen LogP) is 1.06.